The van der Waals surface area contributed by atoms with Crippen molar-refractivity contribution in [2.24, 2.45) is 0 Å². The lowest BCUT2D eigenvalue weighted by molar-refractivity contribution is -0.145. The van der Waals surface area contributed by atoms with E-state index in [1.807, 2.05) is 12.1 Å². The predicted octanol–water partition coefficient (Wildman–Crippen LogP) is 1.51. The first-order valence-electron chi connectivity index (χ1n) is 6.16. The number of ether oxygens (including phenoxy) is 2. The second-order valence-corrected chi connectivity index (χ2v) is 4.00. The van der Waals surface area contributed by atoms with Gasteiger partial charge in [-0.2, -0.15) is 0 Å². The summed E-state index contributed by atoms with van der Waals surface area (Å²) in [5.74, 6) is -0.695. The molecular weight excluding hydrogens is 246 g/mol. The molecule has 1 aromatic carbocycles. The summed E-state index contributed by atoms with van der Waals surface area (Å²) >= 11 is 0. The van der Waals surface area contributed by atoms with E-state index in [-0.39, 0.29) is 11.9 Å². The summed E-state index contributed by atoms with van der Waals surface area (Å²) in [5.41, 5.74) is 1.28. The van der Waals surface area contributed by atoms with Crippen molar-refractivity contribution < 1.29 is 19.1 Å². The second-order valence-electron chi connectivity index (χ2n) is 4.00. The van der Waals surface area contributed by atoms with Crippen molar-refractivity contribution in [3.63, 3.8) is 0 Å². The van der Waals surface area contributed by atoms with Crippen molar-refractivity contribution in [2.45, 2.75) is 26.4 Å². The van der Waals surface area contributed by atoms with Crippen LogP contribution in [0.5, 0.6) is 0 Å². The number of methoxy groups -OCH3 is 1. The number of hydrogen-bond acceptors (Lipinski definition) is 5. The van der Waals surface area contributed by atoms with Crippen LogP contribution in [0.15, 0.2) is 24.3 Å². The lowest BCUT2D eigenvalue weighted by Crippen LogP contribution is -2.35. The maximum atomic E-state index is 11.6. The molecule has 0 radical (unpaired) electrons. The molecule has 0 spiro atoms. The van der Waals surface area contributed by atoms with Gasteiger partial charge in [-0.3, -0.25) is 4.79 Å². The summed E-state index contributed by atoms with van der Waals surface area (Å²) in [4.78, 5) is 23.0. The molecule has 0 aliphatic rings. The third-order valence-electron chi connectivity index (χ3n) is 2.66. The molecule has 0 aliphatic carbocycles. The number of carbonyl (C=O) groups is 2. The number of esters is 2. The SMILES string of the molecule is CCOC(=O)C(C)NCc1ccccc1C(=O)OC. The summed E-state index contributed by atoms with van der Waals surface area (Å²) in [6.07, 6.45) is 0. The standard InChI is InChI=1S/C14H19NO4/c1-4-19-13(16)10(2)15-9-11-7-5-6-8-12(11)14(17)18-3/h5-8,10,15H,4,9H2,1-3H3. The van der Waals surface area contributed by atoms with E-state index in [0.29, 0.717) is 18.7 Å². The van der Waals surface area contributed by atoms with E-state index in [2.05, 4.69) is 5.32 Å². The van der Waals surface area contributed by atoms with Gasteiger partial charge in [0.05, 0.1) is 19.3 Å². The topological polar surface area (TPSA) is 64.6 Å². The highest BCUT2D eigenvalue weighted by Gasteiger charge is 2.15. The molecule has 0 saturated heterocycles. The van der Waals surface area contributed by atoms with E-state index in [0.717, 1.165) is 5.56 Å². The minimum atomic E-state index is -0.425. The maximum Gasteiger partial charge on any atom is 0.338 e. The van der Waals surface area contributed by atoms with Gasteiger partial charge in [-0.25, -0.2) is 4.79 Å². The van der Waals surface area contributed by atoms with Crippen LogP contribution in [0.1, 0.15) is 29.8 Å². The third kappa shape index (κ3) is 4.37. The van der Waals surface area contributed by atoms with Crippen LogP contribution < -0.4 is 5.32 Å². The summed E-state index contributed by atoms with van der Waals surface area (Å²) < 4.78 is 9.61. The normalized spacial score (nSPS) is 11.7. The minimum absolute atomic E-state index is 0.307. The molecule has 0 heterocycles. The number of carbonyl (C=O) groups excluding carboxylic acids is 2. The average molecular weight is 265 g/mol. The third-order valence-corrected chi connectivity index (χ3v) is 2.66. The van der Waals surface area contributed by atoms with Crippen LogP contribution in [0.25, 0.3) is 0 Å². The van der Waals surface area contributed by atoms with Crippen molar-refractivity contribution in [3.05, 3.63) is 35.4 Å². The van der Waals surface area contributed by atoms with Gasteiger partial charge < -0.3 is 14.8 Å². The van der Waals surface area contributed by atoms with Crippen LogP contribution in [0, 0.1) is 0 Å². The number of nitrogens with one attached hydrogen (secondary N) is 1. The van der Waals surface area contributed by atoms with E-state index in [1.165, 1.54) is 7.11 Å². The molecule has 1 unspecified atom stereocenters. The van der Waals surface area contributed by atoms with Crippen molar-refractivity contribution >= 4 is 11.9 Å². The Balaban J connectivity index is 2.67. The van der Waals surface area contributed by atoms with E-state index in [4.69, 9.17) is 9.47 Å². The summed E-state index contributed by atoms with van der Waals surface area (Å²) in [7, 11) is 1.34. The van der Waals surface area contributed by atoms with Gasteiger partial charge in [-0.05, 0) is 25.5 Å². The van der Waals surface area contributed by atoms with E-state index in [9.17, 15) is 9.59 Å². The molecule has 5 nitrogen and oxygen atoms in total. The molecule has 0 fully saturated rings. The lowest BCUT2D eigenvalue weighted by atomic mass is 10.1. The largest absolute Gasteiger partial charge is 0.465 e. The van der Waals surface area contributed by atoms with Crippen LogP contribution in [0.3, 0.4) is 0 Å². The van der Waals surface area contributed by atoms with Crippen molar-refractivity contribution in [2.75, 3.05) is 13.7 Å². The fourth-order valence-electron chi connectivity index (χ4n) is 1.60. The van der Waals surface area contributed by atoms with Gasteiger partial charge in [-0.1, -0.05) is 18.2 Å². The Labute approximate surface area is 112 Å². The molecule has 19 heavy (non-hydrogen) atoms. The second kappa shape index (κ2) is 7.53. The molecule has 0 bridgehead atoms. The fraction of sp³-hybridized carbons (Fsp3) is 0.429. The maximum absolute atomic E-state index is 11.6. The van der Waals surface area contributed by atoms with Gasteiger partial charge in [0.1, 0.15) is 6.04 Å². The van der Waals surface area contributed by atoms with E-state index in [1.54, 1.807) is 26.0 Å². The molecule has 0 aromatic heterocycles. The zero-order chi connectivity index (χ0) is 14.3. The first-order chi connectivity index (χ1) is 9.10. The summed E-state index contributed by atoms with van der Waals surface area (Å²) in [6.45, 7) is 4.23. The van der Waals surface area contributed by atoms with E-state index < -0.39 is 6.04 Å². The molecule has 1 atom stereocenters. The molecule has 104 valence electrons. The van der Waals surface area contributed by atoms with E-state index >= 15 is 0 Å². The summed E-state index contributed by atoms with van der Waals surface area (Å²) in [5, 5.41) is 3.02. The van der Waals surface area contributed by atoms with Crippen LogP contribution in [-0.4, -0.2) is 31.7 Å². The van der Waals surface area contributed by atoms with Gasteiger partial charge in [-0.15, -0.1) is 0 Å². The zero-order valence-corrected chi connectivity index (χ0v) is 11.4. The van der Waals surface area contributed by atoms with Crippen LogP contribution in [0.4, 0.5) is 0 Å². The van der Waals surface area contributed by atoms with Crippen LogP contribution in [0.2, 0.25) is 0 Å². The predicted molar refractivity (Wildman–Crippen MR) is 70.7 cm³/mol. The highest BCUT2D eigenvalue weighted by atomic mass is 16.5. The lowest BCUT2D eigenvalue weighted by Gasteiger charge is -2.14. The highest BCUT2D eigenvalue weighted by Crippen LogP contribution is 2.10. The molecule has 5 heteroatoms. The Bertz CT molecular complexity index is 445. The number of hydrogen-bond donors (Lipinski definition) is 1. The average Bonchev–Trinajstić information content (AvgIpc) is 2.44. The van der Waals surface area contributed by atoms with Crippen molar-refractivity contribution in [3.8, 4) is 0 Å². The minimum Gasteiger partial charge on any atom is -0.465 e. The van der Waals surface area contributed by atoms with Crippen LogP contribution >= 0.6 is 0 Å². The fourth-order valence-corrected chi connectivity index (χ4v) is 1.60. The van der Waals surface area contributed by atoms with Gasteiger partial charge >= 0.3 is 11.9 Å². The zero-order valence-electron chi connectivity index (χ0n) is 11.4. The Kier molecular flexibility index (Phi) is 6.02. The first-order valence-corrected chi connectivity index (χ1v) is 6.16. The Morgan fingerprint density at radius 2 is 2.00 bits per heavy atom. The first kappa shape index (κ1) is 15.2. The van der Waals surface area contributed by atoms with Gasteiger partial charge in [0, 0.05) is 6.54 Å². The summed E-state index contributed by atoms with van der Waals surface area (Å²) in [6, 6.07) is 6.68. The number of benzene rings is 1. The monoisotopic (exact) mass is 265 g/mol. The Hall–Kier alpha value is -1.88. The Morgan fingerprint density at radius 3 is 2.63 bits per heavy atom. The highest BCUT2D eigenvalue weighted by molar-refractivity contribution is 5.91. The molecule has 1 N–H and O–H groups in total. The molecule has 1 rings (SSSR count). The van der Waals surface area contributed by atoms with Gasteiger partial charge in [0.25, 0.3) is 0 Å². The quantitative estimate of drug-likeness (QED) is 0.790. The van der Waals surface area contributed by atoms with Gasteiger partial charge in [0.2, 0.25) is 0 Å². The molecule has 0 saturated carbocycles. The van der Waals surface area contributed by atoms with Gasteiger partial charge in [0.15, 0.2) is 0 Å². The van der Waals surface area contributed by atoms with Crippen LogP contribution in [-0.2, 0) is 20.8 Å². The molecular formula is C14H19NO4. The Morgan fingerprint density at radius 1 is 1.32 bits per heavy atom. The smallest absolute Gasteiger partial charge is 0.338 e. The number of rotatable bonds is 6. The molecule has 1 aromatic rings. The molecule has 0 aliphatic heterocycles. The van der Waals surface area contributed by atoms with Crippen molar-refractivity contribution in [1.82, 2.24) is 5.32 Å². The molecule has 0 amide bonds. The van der Waals surface area contributed by atoms with Crippen molar-refractivity contribution in [1.29, 1.82) is 0 Å².